The van der Waals surface area contributed by atoms with Gasteiger partial charge in [0.2, 0.25) is 21.8 Å². The molecule has 1 aromatic carbocycles. The van der Waals surface area contributed by atoms with Gasteiger partial charge in [0.05, 0.1) is 4.90 Å². The third kappa shape index (κ3) is 3.29. The quantitative estimate of drug-likeness (QED) is 0.850. The molecular formula is C15H19N3O4S. The molecule has 7 nitrogen and oxygen atoms in total. The van der Waals surface area contributed by atoms with Crippen molar-refractivity contribution >= 4 is 10.0 Å². The molecule has 1 saturated heterocycles. The molecule has 2 heterocycles. The van der Waals surface area contributed by atoms with Crippen LogP contribution in [-0.2, 0) is 14.8 Å². The summed E-state index contributed by atoms with van der Waals surface area (Å²) in [6.07, 6.45) is 2.80. The summed E-state index contributed by atoms with van der Waals surface area (Å²) in [5, 5.41) is 8.07. The third-order valence-corrected chi connectivity index (χ3v) is 5.57. The molecule has 3 rings (SSSR count). The minimum atomic E-state index is -3.50. The molecule has 0 N–H and O–H groups in total. The van der Waals surface area contributed by atoms with Gasteiger partial charge < -0.3 is 9.15 Å². The van der Waals surface area contributed by atoms with E-state index in [1.54, 1.807) is 18.2 Å². The van der Waals surface area contributed by atoms with Gasteiger partial charge in [0.25, 0.3) is 0 Å². The second kappa shape index (κ2) is 6.38. The van der Waals surface area contributed by atoms with Gasteiger partial charge in [-0.2, -0.15) is 0 Å². The molecule has 0 spiro atoms. The van der Waals surface area contributed by atoms with E-state index in [2.05, 4.69) is 10.2 Å². The lowest BCUT2D eigenvalue weighted by atomic mass is 10.1. The molecule has 23 heavy (non-hydrogen) atoms. The van der Waals surface area contributed by atoms with Crippen LogP contribution in [0, 0.1) is 0 Å². The molecule has 1 aliphatic heterocycles. The number of aromatic nitrogens is 2. The van der Waals surface area contributed by atoms with Crippen LogP contribution in [0.3, 0.4) is 0 Å². The van der Waals surface area contributed by atoms with E-state index < -0.39 is 10.0 Å². The van der Waals surface area contributed by atoms with Crippen LogP contribution in [0.15, 0.2) is 33.6 Å². The van der Waals surface area contributed by atoms with Crippen LogP contribution >= 0.6 is 0 Å². The number of hydrogen-bond acceptors (Lipinski definition) is 6. The van der Waals surface area contributed by atoms with Gasteiger partial charge in [0, 0.05) is 26.3 Å². The van der Waals surface area contributed by atoms with Crippen molar-refractivity contribution in [1.82, 2.24) is 14.5 Å². The average Bonchev–Trinajstić information content (AvgIpc) is 3.06. The Kier molecular flexibility index (Phi) is 4.47. The van der Waals surface area contributed by atoms with E-state index in [9.17, 15) is 8.42 Å². The summed E-state index contributed by atoms with van der Waals surface area (Å²) in [5.41, 5.74) is 0.572. The Balaban J connectivity index is 1.89. The summed E-state index contributed by atoms with van der Waals surface area (Å²) in [4.78, 5) is 0.189. The SMILES string of the molecule is CN(C)S(=O)(=O)c1cccc(-c2nnc([C@@H]3CCCCO3)o2)c1. The minimum Gasteiger partial charge on any atom is -0.418 e. The smallest absolute Gasteiger partial charge is 0.247 e. The largest absolute Gasteiger partial charge is 0.418 e. The van der Waals surface area contributed by atoms with E-state index >= 15 is 0 Å². The Morgan fingerprint density at radius 3 is 2.74 bits per heavy atom. The van der Waals surface area contributed by atoms with Gasteiger partial charge in [-0.05, 0) is 37.5 Å². The third-order valence-electron chi connectivity index (χ3n) is 3.76. The first kappa shape index (κ1) is 16.1. The van der Waals surface area contributed by atoms with E-state index in [1.807, 2.05) is 0 Å². The van der Waals surface area contributed by atoms with Crippen LogP contribution in [0.25, 0.3) is 11.5 Å². The van der Waals surface area contributed by atoms with Gasteiger partial charge in [-0.25, -0.2) is 12.7 Å². The normalized spacial score (nSPS) is 19.2. The maximum Gasteiger partial charge on any atom is 0.247 e. The lowest BCUT2D eigenvalue weighted by Crippen LogP contribution is -2.22. The summed E-state index contributed by atoms with van der Waals surface area (Å²) in [5.74, 6) is 0.741. The average molecular weight is 337 g/mol. The maximum atomic E-state index is 12.2. The number of benzene rings is 1. The molecule has 1 aliphatic rings. The first-order valence-electron chi connectivity index (χ1n) is 7.46. The van der Waals surface area contributed by atoms with Crippen LogP contribution in [0.1, 0.15) is 31.3 Å². The monoisotopic (exact) mass is 337 g/mol. The molecule has 1 atom stereocenters. The molecule has 0 amide bonds. The van der Waals surface area contributed by atoms with Crippen molar-refractivity contribution in [3.63, 3.8) is 0 Å². The highest BCUT2D eigenvalue weighted by Gasteiger charge is 2.23. The highest BCUT2D eigenvalue weighted by atomic mass is 32.2. The Morgan fingerprint density at radius 1 is 1.22 bits per heavy atom. The lowest BCUT2D eigenvalue weighted by molar-refractivity contribution is -0.00126. The first-order chi connectivity index (χ1) is 11.0. The van der Waals surface area contributed by atoms with Crippen molar-refractivity contribution in [3.8, 4) is 11.5 Å². The van der Waals surface area contributed by atoms with Crippen LogP contribution < -0.4 is 0 Å². The fourth-order valence-electron chi connectivity index (χ4n) is 2.42. The van der Waals surface area contributed by atoms with Crippen LogP contribution in [0.5, 0.6) is 0 Å². The molecule has 124 valence electrons. The number of sulfonamides is 1. The Morgan fingerprint density at radius 2 is 2.04 bits per heavy atom. The second-order valence-electron chi connectivity index (χ2n) is 5.62. The van der Waals surface area contributed by atoms with Crippen molar-refractivity contribution in [2.75, 3.05) is 20.7 Å². The maximum absolute atomic E-state index is 12.2. The molecule has 0 aliphatic carbocycles. The summed E-state index contributed by atoms with van der Waals surface area (Å²) < 4.78 is 36.9. The second-order valence-corrected chi connectivity index (χ2v) is 7.77. The van der Waals surface area contributed by atoms with E-state index in [0.717, 1.165) is 19.3 Å². The molecule has 0 unspecified atom stereocenters. The highest BCUT2D eigenvalue weighted by molar-refractivity contribution is 7.89. The summed E-state index contributed by atoms with van der Waals surface area (Å²) in [6.45, 7) is 0.693. The van der Waals surface area contributed by atoms with E-state index in [-0.39, 0.29) is 11.0 Å². The topological polar surface area (TPSA) is 85.5 Å². The molecule has 0 radical (unpaired) electrons. The highest BCUT2D eigenvalue weighted by Crippen LogP contribution is 2.29. The Labute approximate surface area is 135 Å². The molecule has 0 bridgehead atoms. The standard InChI is InChI=1S/C15H19N3O4S/c1-18(2)23(19,20)12-7-5-6-11(10-12)14-16-17-15(22-14)13-8-3-4-9-21-13/h5-7,10,13H,3-4,8-9H2,1-2H3/t13-/m0/s1. The van der Waals surface area contributed by atoms with Crippen LogP contribution in [0.2, 0.25) is 0 Å². The van der Waals surface area contributed by atoms with Crippen LogP contribution in [-0.4, -0.2) is 43.6 Å². The van der Waals surface area contributed by atoms with Crippen molar-refractivity contribution in [2.45, 2.75) is 30.3 Å². The zero-order valence-electron chi connectivity index (χ0n) is 13.1. The van der Waals surface area contributed by atoms with Gasteiger partial charge in [-0.3, -0.25) is 0 Å². The van der Waals surface area contributed by atoms with Gasteiger partial charge in [-0.1, -0.05) is 6.07 Å². The summed E-state index contributed by atoms with van der Waals surface area (Å²) in [6, 6.07) is 6.48. The number of rotatable bonds is 4. The molecule has 1 aromatic heterocycles. The van der Waals surface area contributed by atoms with E-state index in [1.165, 1.54) is 24.5 Å². The number of nitrogens with zero attached hydrogens (tertiary/aromatic N) is 3. The Bertz CT molecular complexity index is 780. The van der Waals surface area contributed by atoms with Crippen molar-refractivity contribution in [3.05, 3.63) is 30.2 Å². The molecule has 8 heteroatoms. The number of ether oxygens (including phenoxy) is 1. The van der Waals surface area contributed by atoms with Crippen molar-refractivity contribution in [1.29, 1.82) is 0 Å². The first-order valence-corrected chi connectivity index (χ1v) is 8.90. The Hall–Kier alpha value is -1.77. The summed E-state index contributed by atoms with van der Waals surface area (Å²) in [7, 11) is -0.516. The molecular weight excluding hydrogens is 318 g/mol. The van der Waals surface area contributed by atoms with E-state index in [0.29, 0.717) is 24.0 Å². The lowest BCUT2D eigenvalue weighted by Gasteiger charge is -2.18. The predicted octanol–water partition coefficient (Wildman–Crippen LogP) is 2.23. The van der Waals surface area contributed by atoms with Crippen molar-refractivity contribution in [2.24, 2.45) is 0 Å². The van der Waals surface area contributed by atoms with Crippen LogP contribution in [0.4, 0.5) is 0 Å². The summed E-state index contributed by atoms with van der Waals surface area (Å²) >= 11 is 0. The number of hydrogen-bond donors (Lipinski definition) is 0. The molecule has 1 fully saturated rings. The predicted molar refractivity (Wildman–Crippen MR) is 83.2 cm³/mol. The van der Waals surface area contributed by atoms with E-state index in [4.69, 9.17) is 9.15 Å². The van der Waals surface area contributed by atoms with Gasteiger partial charge in [0.15, 0.2) is 0 Å². The zero-order chi connectivity index (χ0) is 16.4. The van der Waals surface area contributed by atoms with Gasteiger partial charge >= 0.3 is 0 Å². The zero-order valence-corrected chi connectivity index (χ0v) is 13.9. The fraction of sp³-hybridized carbons (Fsp3) is 0.467. The fourth-order valence-corrected chi connectivity index (χ4v) is 3.37. The van der Waals surface area contributed by atoms with Gasteiger partial charge in [0.1, 0.15) is 6.10 Å². The minimum absolute atomic E-state index is 0.168. The van der Waals surface area contributed by atoms with Gasteiger partial charge in [-0.15, -0.1) is 10.2 Å². The van der Waals surface area contributed by atoms with Crippen molar-refractivity contribution < 1.29 is 17.6 Å². The molecule has 2 aromatic rings. The molecule has 0 saturated carbocycles.